The van der Waals surface area contributed by atoms with Crippen molar-refractivity contribution in [3.8, 4) is 0 Å². The third-order valence-electron chi connectivity index (χ3n) is 5.37. The smallest absolute Gasteiger partial charge is 0.444 e. The van der Waals surface area contributed by atoms with Crippen molar-refractivity contribution in [3.05, 3.63) is 23.7 Å². The standard InChI is InChI=1S/C21H35BN2O5/c1-19(2,3)27-18(26)24-14-17(25)23-13-12-15-8-10-16(11-9-15)22-28-20(4,5)21(6,7)29-22/h8,10-11,15H,9,12-14H2,1-7H3,(H,23,25)(H,24,26). The Balaban J connectivity index is 1.67. The number of ether oxygens (including phenoxy) is 1. The van der Waals surface area contributed by atoms with Gasteiger partial charge in [-0.05, 0) is 72.7 Å². The van der Waals surface area contributed by atoms with Crippen molar-refractivity contribution in [2.75, 3.05) is 13.1 Å². The quantitative estimate of drug-likeness (QED) is 0.662. The minimum atomic E-state index is -0.594. The monoisotopic (exact) mass is 406 g/mol. The molecule has 0 radical (unpaired) electrons. The van der Waals surface area contributed by atoms with Crippen LogP contribution >= 0.6 is 0 Å². The third-order valence-corrected chi connectivity index (χ3v) is 5.37. The highest BCUT2D eigenvalue weighted by molar-refractivity contribution is 6.55. The van der Waals surface area contributed by atoms with Crippen LogP contribution in [0.25, 0.3) is 0 Å². The maximum Gasteiger partial charge on any atom is 0.494 e. The predicted molar refractivity (Wildman–Crippen MR) is 113 cm³/mol. The minimum absolute atomic E-state index is 0.0958. The Morgan fingerprint density at radius 2 is 1.79 bits per heavy atom. The summed E-state index contributed by atoms with van der Waals surface area (Å²) in [6, 6.07) is 0. The van der Waals surface area contributed by atoms with Gasteiger partial charge in [-0.2, -0.15) is 0 Å². The molecule has 0 spiro atoms. The van der Waals surface area contributed by atoms with Crippen molar-refractivity contribution in [1.29, 1.82) is 0 Å². The van der Waals surface area contributed by atoms with E-state index in [1.807, 2.05) is 27.7 Å². The van der Waals surface area contributed by atoms with Gasteiger partial charge in [0.05, 0.1) is 17.7 Å². The van der Waals surface area contributed by atoms with Crippen molar-refractivity contribution in [1.82, 2.24) is 10.6 Å². The molecule has 2 amide bonds. The second-order valence-electron chi connectivity index (χ2n) is 9.64. The van der Waals surface area contributed by atoms with E-state index in [1.54, 1.807) is 20.8 Å². The third kappa shape index (κ3) is 6.89. The molecule has 1 fully saturated rings. The molecule has 7 nitrogen and oxygen atoms in total. The number of hydrogen-bond acceptors (Lipinski definition) is 5. The summed E-state index contributed by atoms with van der Waals surface area (Å²) >= 11 is 0. The number of carbonyl (C=O) groups excluding carboxylic acids is 2. The lowest BCUT2D eigenvalue weighted by atomic mass is 9.74. The van der Waals surface area contributed by atoms with E-state index in [0.717, 1.165) is 18.3 Å². The highest BCUT2D eigenvalue weighted by atomic mass is 16.7. The van der Waals surface area contributed by atoms with Gasteiger partial charge in [-0.3, -0.25) is 4.79 Å². The molecular weight excluding hydrogens is 371 g/mol. The molecule has 2 N–H and O–H groups in total. The average molecular weight is 406 g/mol. The maximum absolute atomic E-state index is 11.9. The van der Waals surface area contributed by atoms with E-state index in [1.165, 1.54) is 0 Å². The lowest BCUT2D eigenvalue weighted by Gasteiger charge is -2.32. The van der Waals surface area contributed by atoms with Crippen LogP contribution in [0.2, 0.25) is 0 Å². The van der Waals surface area contributed by atoms with E-state index < -0.39 is 11.7 Å². The molecule has 2 rings (SSSR count). The molecule has 8 heteroatoms. The highest BCUT2D eigenvalue weighted by Crippen LogP contribution is 2.39. The van der Waals surface area contributed by atoms with Crippen LogP contribution in [0.4, 0.5) is 4.79 Å². The Kier molecular flexibility index (Phi) is 7.22. The van der Waals surface area contributed by atoms with Crippen molar-refractivity contribution in [2.45, 2.75) is 78.1 Å². The first-order chi connectivity index (χ1) is 13.3. The fraction of sp³-hybridized carbons (Fsp3) is 0.714. The molecular formula is C21H35BN2O5. The topological polar surface area (TPSA) is 85.9 Å². The van der Waals surface area contributed by atoms with Gasteiger partial charge in [0, 0.05) is 6.54 Å². The Hall–Kier alpha value is -1.80. The van der Waals surface area contributed by atoms with Crippen LogP contribution in [0.15, 0.2) is 23.7 Å². The lowest BCUT2D eigenvalue weighted by molar-refractivity contribution is -0.120. The summed E-state index contributed by atoms with van der Waals surface area (Å²) in [6.07, 6.45) is 7.46. The fourth-order valence-corrected chi connectivity index (χ4v) is 2.98. The number of amides is 2. The SMILES string of the molecule is CC(C)(C)OC(=O)NCC(=O)NCCC1C=CC(B2OC(C)(C)C(C)(C)O2)=CC1. The Morgan fingerprint density at radius 3 is 2.31 bits per heavy atom. The molecule has 2 aliphatic rings. The molecule has 0 aromatic carbocycles. The number of hydrogen-bond donors (Lipinski definition) is 2. The summed E-state index contributed by atoms with van der Waals surface area (Å²) in [5, 5.41) is 5.28. The molecule has 0 bridgehead atoms. The van der Waals surface area contributed by atoms with Crippen LogP contribution in [-0.2, 0) is 18.8 Å². The maximum atomic E-state index is 11.9. The molecule has 1 aliphatic heterocycles. The van der Waals surface area contributed by atoms with E-state index in [-0.39, 0.29) is 30.8 Å². The number of alkyl carbamates (subject to hydrolysis) is 1. The molecule has 1 saturated heterocycles. The Morgan fingerprint density at radius 1 is 1.17 bits per heavy atom. The number of rotatable bonds is 6. The summed E-state index contributed by atoms with van der Waals surface area (Å²) in [6.45, 7) is 14.0. The summed E-state index contributed by atoms with van der Waals surface area (Å²) in [5.41, 5.74) is -0.229. The van der Waals surface area contributed by atoms with Gasteiger partial charge in [-0.15, -0.1) is 0 Å². The van der Waals surface area contributed by atoms with Crippen LogP contribution in [0.1, 0.15) is 61.3 Å². The molecule has 162 valence electrons. The summed E-state index contributed by atoms with van der Waals surface area (Å²) in [5.74, 6) is 0.115. The van der Waals surface area contributed by atoms with E-state index in [0.29, 0.717) is 12.5 Å². The van der Waals surface area contributed by atoms with E-state index in [9.17, 15) is 9.59 Å². The van der Waals surface area contributed by atoms with E-state index >= 15 is 0 Å². The fourth-order valence-electron chi connectivity index (χ4n) is 2.98. The lowest BCUT2D eigenvalue weighted by Crippen LogP contribution is -2.41. The van der Waals surface area contributed by atoms with Crippen LogP contribution < -0.4 is 10.6 Å². The zero-order chi connectivity index (χ0) is 21.9. The van der Waals surface area contributed by atoms with Crippen molar-refractivity contribution in [3.63, 3.8) is 0 Å². The van der Waals surface area contributed by atoms with E-state index in [4.69, 9.17) is 14.0 Å². The number of nitrogens with one attached hydrogen (secondary N) is 2. The van der Waals surface area contributed by atoms with Gasteiger partial charge >= 0.3 is 13.2 Å². The normalized spacial score (nSPS) is 22.8. The summed E-state index contributed by atoms with van der Waals surface area (Å²) < 4.78 is 17.3. The van der Waals surface area contributed by atoms with Gasteiger partial charge in [-0.25, -0.2) is 4.79 Å². The largest absolute Gasteiger partial charge is 0.494 e. The van der Waals surface area contributed by atoms with Gasteiger partial charge in [0.1, 0.15) is 5.60 Å². The van der Waals surface area contributed by atoms with Gasteiger partial charge in [0.2, 0.25) is 5.91 Å². The first kappa shape index (κ1) is 23.5. The zero-order valence-corrected chi connectivity index (χ0v) is 18.8. The second-order valence-corrected chi connectivity index (χ2v) is 9.64. The average Bonchev–Trinajstić information content (AvgIpc) is 2.80. The van der Waals surface area contributed by atoms with Crippen LogP contribution in [0.5, 0.6) is 0 Å². The number of carbonyl (C=O) groups is 2. The zero-order valence-electron chi connectivity index (χ0n) is 18.8. The Bertz CT molecular complexity index is 663. The molecule has 1 aliphatic carbocycles. The van der Waals surface area contributed by atoms with Crippen molar-refractivity contribution >= 4 is 19.1 Å². The van der Waals surface area contributed by atoms with Crippen molar-refractivity contribution < 1.29 is 23.6 Å². The van der Waals surface area contributed by atoms with Gasteiger partial charge < -0.3 is 24.7 Å². The molecule has 29 heavy (non-hydrogen) atoms. The molecule has 1 heterocycles. The molecule has 1 unspecified atom stereocenters. The van der Waals surface area contributed by atoms with Gasteiger partial charge in [0.25, 0.3) is 0 Å². The molecule has 0 aromatic heterocycles. The van der Waals surface area contributed by atoms with Gasteiger partial charge in [0.15, 0.2) is 0 Å². The van der Waals surface area contributed by atoms with Crippen LogP contribution in [-0.4, -0.2) is 49.0 Å². The van der Waals surface area contributed by atoms with E-state index in [2.05, 4.69) is 28.9 Å². The first-order valence-electron chi connectivity index (χ1n) is 10.3. The second kappa shape index (κ2) is 8.92. The summed E-state index contributed by atoms with van der Waals surface area (Å²) in [7, 11) is -0.337. The van der Waals surface area contributed by atoms with Gasteiger partial charge in [-0.1, -0.05) is 18.2 Å². The summed E-state index contributed by atoms with van der Waals surface area (Å²) in [4.78, 5) is 23.4. The molecule has 0 saturated carbocycles. The first-order valence-corrected chi connectivity index (χ1v) is 10.3. The van der Waals surface area contributed by atoms with Crippen LogP contribution in [0.3, 0.4) is 0 Å². The van der Waals surface area contributed by atoms with Crippen molar-refractivity contribution in [2.24, 2.45) is 5.92 Å². The molecule has 0 aromatic rings. The van der Waals surface area contributed by atoms with Crippen LogP contribution in [0, 0.1) is 5.92 Å². The molecule has 1 atom stereocenters. The number of allylic oxidation sites excluding steroid dienone is 4. The predicted octanol–water partition coefficient (Wildman–Crippen LogP) is 3.15. The Labute approximate surface area is 174 Å². The minimum Gasteiger partial charge on any atom is -0.444 e. The highest BCUT2D eigenvalue weighted by Gasteiger charge is 2.52.